The number of para-hydroxylation sites is 1. The number of aromatic nitrogens is 5. The Bertz CT molecular complexity index is 1480. The zero-order valence-corrected chi connectivity index (χ0v) is 23.8. The average molecular weight is 564 g/mol. The Hall–Kier alpha value is -3.06. The van der Waals surface area contributed by atoms with E-state index in [2.05, 4.69) is 20.2 Å². The summed E-state index contributed by atoms with van der Waals surface area (Å²) in [6, 6.07) is 5.10. The molecule has 1 aliphatic heterocycles. The minimum atomic E-state index is -3.82. The highest BCUT2D eigenvalue weighted by Crippen LogP contribution is 2.39. The van der Waals surface area contributed by atoms with Crippen molar-refractivity contribution < 1.29 is 26.3 Å². The van der Waals surface area contributed by atoms with E-state index in [4.69, 9.17) is 9.47 Å². The number of sulfone groups is 2. The molecule has 0 aliphatic carbocycles. The SMILES string of the molecule is COc1cccc(OC)c1-n1c(CS(=O)(=O)[C@@H](C)[C@H](C)c2ncc(C)cn2)nnc1[C@@H]1CCCCS1(=O)=O. The lowest BCUT2D eigenvalue weighted by Crippen LogP contribution is -2.28. The van der Waals surface area contributed by atoms with Gasteiger partial charge in [-0.15, -0.1) is 10.2 Å². The van der Waals surface area contributed by atoms with E-state index in [0.717, 1.165) is 5.56 Å². The Morgan fingerprint density at radius 1 is 1.05 bits per heavy atom. The van der Waals surface area contributed by atoms with Crippen molar-refractivity contribution in [1.82, 2.24) is 24.7 Å². The van der Waals surface area contributed by atoms with Crippen molar-refractivity contribution in [2.75, 3.05) is 20.0 Å². The molecule has 0 saturated carbocycles. The van der Waals surface area contributed by atoms with Gasteiger partial charge in [0.2, 0.25) is 0 Å². The van der Waals surface area contributed by atoms with E-state index in [-0.39, 0.29) is 17.4 Å². The predicted molar refractivity (Wildman–Crippen MR) is 142 cm³/mol. The van der Waals surface area contributed by atoms with E-state index in [1.165, 1.54) is 18.8 Å². The van der Waals surface area contributed by atoms with Crippen molar-refractivity contribution in [2.24, 2.45) is 0 Å². The fourth-order valence-corrected chi connectivity index (χ4v) is 8.09. The Balaban J connectivity index is 1.83. The zero-order chi connectivity index (χ0) is 27.7. The van der Waals surface area contributed by atoms with E-state index >= 15 is 0 Å². The quantitative estimate of drug-likeness (QED) is 0.381. The van der Waals surface area contributed by atoms with E-state index in [0.29, 0.717) is 42.3 Å². The molecule has 0 amide bonds. The molecule has 0 unspecified atom stereocenters. The van der Waals surface area contributed by atoms with Crippen LogP contribution in [0.2, 0.25) is 0 Å². The first-order valence-electron chi connectivity index (χ1n) is 12.4. The van der Waals surface area contributed by atoms with Crippen LogP contribution < -0.4 is 9.47 Å². The number of hydrogen-bond donors (Lipinski definition) is 0. The molecule has 3 heterocycles. The first-order chi connectivity index (χ1) is 18.0. The van der Waals surface area contributed by atoms with Crippen molar-refractivity contribution in [3.05, 3.63) is 53.6 Å². The molecule has 13 heteroatoms. The lowest BCUT2D eigenvalue weighted by molar-refractivity contribution is 0.389. The molecule has 0 radical (unpaired) electrons. The number of methoxy groups -OCH3 is 2. The van der Waals surface area contributed by atoms with Crippen molar-refractivity contribution in [3.8, 4) is 17.2 Å². The third-order valence-electron chi connectivity index (χ3n) is 7.06. The van der Waals surface area contributed by atoms with Gasteiger partial charge in [0.25, 0.3) is 0 Å². The predicted octanol–water partition coefficient (Wildman–Crippen LogP) is 3.13. The van der Waals surface area contributed by atoms with Gasteiger partial charge in [0.1, 0.15) is 34.0 Å². The molecule has 11 nitrogen and oxygen atoms in total. The number of aryl methyl sites for hydroxylation is 1. The summed E-state index contributed by atoms with van der Waals surface area (Å²) in [4.78, 5) is 8.61. The molecular weight excluding hydrogens is 530 g/mol. The van der Waals surface area contributed by atoms with Gasteiger partial charge in [0.05, 0.1) is 25.2 Å². The molecule has 38 heavy (non-hydrogen) atoms. The van der Waals surface area contributed by atoms with Crippen LogP contribution in [0.1, 0.15) is 67.3 Å². The second-order valence-corrected chi connectivity index (χ2v) is 14.3. The zero-order valence-electron chi connectivity index (χ0n) is 22.2. The summed E-state index contributed by atoms with van der Waals surface area (Å²) >= 11 is 0. The molecule has 3 aromatic rings. The third-order valence-corrected chi connectivity index (χ3v) is 11.4. The van der Waals surface area contributed by atoms with Crippen LogP contribution in [-0.4, -0.2) is 66.8 Å². The highest BCUT2D eigenvalue weighted by Gasteiger charge is 2.38. The standard InChI is InChI=1S/C25H33N5O6S2/c1-16-13-26-24(27-14-16)17(2)18(3)38(33,34)15-22-28-29-25(21-11-6-7-12-37(21,31)32)30(22)23-19(35-4)9-8-10-20(23)36-5/h8-10,13-14,17-18,21H,6-7,11-12,15H2,1-5H3/t17-,18-,21-/m0/s1. The third kappa shape index (κ3) is 5.39. The molecule has 2 aromatic heterocycles. The molecule has 1 aliphatic rings. The highest BCUT2D eigenvalue weighted by atomic mass is 32.2. The summed E-state index contributed by atoms with van der Waals surface area (Å²) < 4.78 is 66.1. The maximum absolute atomic E-state index is 13.7. The van der Waals surface area contributed by atoms with Gasteiger partial charge in [-0.1, -0.05) is 19.4 Å². The molecule has 206 valence electrons. The van der Waals surface area contributed by atoms with Gasteiger partial charge in [0.15, 0.2) is 31.3 Å². The Kier molecular flexibility index (Phi) is 8.07. The monoisotopic (exact) mass is 563 g/mol. The van der Waals surface area contributed by atoms with Gasteiger partial charge >= 0.3 is 0 Å². The molecule has 1 saturated heterocycles. The van der Waals surface area contributed by atoms with E-state index in [1.54, 1.807) is 44.4 Å². The van der Waals surface area contributed by atoms with Crippen LogP contribution >= 0.6 is 0 Å². The number of rotatable bonds is 9. The largest absolute Gasteiger partial charge is 0.494 e. The second-order valence-electron chi connectivity index (χ2n) is 9.59. The average Bonchev–Trinajstić information content (AvgIpc) is 3.28. The second kappa shape index (κ2) is 11.0. The maximum Gasteiger partial charge on any atom is 0.160 e. The number of ether oxygens (including phenoxy) is 2. The fourth-order valence-electron chi connectivity index (χ4n) is 4.64. The van der Waals surface area contributed by atoms with Gasteiger partial charge in [-0.05, 0) is 44.4 Å². The van der Waals surface area contributed by atoms with E-state index in [1.807, 2.05) is 6.92 Å². The first kappa shape index (κ1) is 28.0. The molecule has 4 rings (SSSR count). The van der Waals surface area contributed by atoms with E-state index < -0.39 is 41.8 Å². The van der Waals surface area contributed by atoms with Gasteiger partial charge in [-0.2, -0.15) is 0 Å². The molecule has 0 spiro atoms. The molecule has 1 aromatic carbocycles. The lowest BCUT2D eigenvalue weighted by atomic mass is 10.1. The van der Waals surface area contributed by atoms with Gasteiger partial charge < -0.3 is 9.47 Å². The lowest BCUT2D eigenvalue weighted by Gasteiger charge is -2.24. The van der Waals surface area contributed by atoms with E-state index in [9.17, 15) is 16.8 Å². The number of nitrogens with zero attached hydrogens (tertiary/aromatic N) is 5. The van der Waals surface area contributed by atoms with Crippen molar-refractivity contribution >= 4 is 19.7 Å². The smallest absolute Gasteiger partial charge is 0.160 e. The Morgan fingerprint density at radius 2 is 1.68 bits per heavy atom. The van der Waals surface area contributed by atoms with Crippen LogP contribution in [0.15, 0.2) is 30.6 Å². The van der Waals surface area contributed by atoms with Crippen LogP contribution in [0, 0.1) is 6.92 Å². The minimum absolute atomic E-state index is 0.0340. The summed E-state index contributed by atoms with van der Waals surface area (Å²) in [5.41, 5.74) is 1.23. The molecule has 1 fully saturated rings. The van der Waals surface area contributed by atoms with Crippen LogP contribution in [0.25, 0.3) is 5.69 Å². The van der Waals surface area contributed by atoms with Crippen molar-refractivity contribution in [2.45, 2.75) is 62.2 Å². The summed E-state index contributed by atoms with van der Waals surface area (Å²) in [6.07, 6.45) is 4.95. The van der Waals surface area contributed by atoms with Gasteiger partial charge in [0, 0.05) is 18.3 Å². The maximum atomic E-state index is 13.7. The number of benzene rings is 1. The first-order valence-corrected chi connectivity index (χ1v) is 15.8. The Labute approximate surface area is 223 Å². The topological polar surface area (TPSA) is 143 Å². The van der Waals surface area contributed by atoms with Crippen LogP contribution in [0.5, 0.6) is 11.5 Å². The highest BCUT2D eigenvalue weighted by molar-refractivity contribution is 7.91. The molecule has 0 bridgehead atoms. The van der Waals surface area contributed by atoms with Crippen LogP contribution in [0.3, 0.4) is 0 Å². The normalized spacial score (nSPS) is 19.0. The van der Waals surface area contributed by atoms with Crippen LogP contribution in [0.4, 0.5) is 0 Å². The van der Waals surface area contributed by atoms with Gasteiger partial charge in [-0.3, -0.25) is 4.57 Å². The van der Waals surface area contributed by atoms with Crippen molar-refractivity contribution in [3.63, 3.8) is 0 Å². The van der Waals surface area contributed by atoms with Gasteiger partial charge in [-0.25, -0.2) is 26.8 Å². The van der Waals surface area contributed by atoms with Crippen molar-refractivity contribution in [1.29, 1.82) is 0 Å². The summed E-state index contributed by atoms with van der Waals surface area (Å²) in [5, 5.41) is 6.70. The molecule has 3 atom stereocenters. The fraction of sp³-hybridized carbons (Fsp3) is 0.520. The summed E-state index contributed by atoms with van der Waals surface area (Å²) in [7, 11) is -4.39. The molecule has 0 N–H and O–H groups in total. The summed E-state index contributed by atoms with van der Waals surface area (Å²) in [6.45, 7) is 5.23. The van der Waals surface area contributed by atoms with Crippen LogP contribution in [-0.2, 0) is 25.4 Å². The number of hydrogen-bond acceptors (Lipinski definition) is 10. The molecular formula is C25H33N5O6S2. The minimum Gasteiger partial charge on any atom is -0.494 e. The summed E-state index contributed by atoms with van der Waals surface area (Å²) in [5.74, 6) is 0.452. The Morgan fingerprint density at radius 3 is 2.26 bits per heavy atom.